The fourth-order valence-electron chi connectivity index (χ4n) is 3.58. The van der Waals surface area contributed by atoms with Crippen LogP contribution in [0.4, 0.5) is 0 Å². The smallest absolute Gasteiger partial charge is 0.0253 e. The molecule has 0 saturated heterocycles. The number of aryl methyl sites for hydroxylation is 2. The third kappa shape index (κ3) is 9.25. The maximum absolute atomic E-state index is 3.45. The van der Waals surface area contributed by atoms with Gasteiger partial charge in [-0.25, -0.2) is 6.08 Å². The van der Waals surface area contributed by atoms with Gasteiger partial charge in [-0.1, -0.05) is 81.7 Å². The number of halogens is 2. The van der Waals surface area contributed by atoms with Gasteiger partial charge in [0.15, 0.2) is 0 Å². The monoisotopic (exact) mass is 544 g/mol. The van der Waals surface area contributed by atoms with Crippen molar-refractivity contribution in [3.05, 3.63) is 82.5 Å². The SMILES string of the molecule is CCC1[C-]=CC(C(C)(C)C)=C1.C[C](C)=[Zr+2].Cc1[c-]c2c(cc1)-c1ccc(C)cc1C2.[Cl-].[Cl-]. The molecule has 0 spiro atoms. The summed E-state index contributed by atoms with van der Waals surface area (Å²) in [6.07, 6.45) is 10.1. The first-order valence-electron chi connectivity index (χ1n) is 11.0. The molecule has 0 radical (unpaired) electrons. The van der Waals surface area contributed by atoms with Crippen molar-refractivity contribution in [3.63, 3.8) is 0 Å². The van der Waals surface area contributed by atoms with Crippen LogP contribution in [0.5, 0.6) is 0 Å². The van der Waals surface area contributed by atoms with Crippen LogP contribution >= 0.6 is 0 Å². The summed E-state index contributed by atoms with van der Waals surface area (Å²) in [7, 11) is 0. The summed E-state index contributed by atoms with van der Waals surface area (Å²) in [4.78, 5) is 0. The number of hydrogen-bond donors (Lipinski definition) is 0. The third-order valence-electron chi connectivity index (χ3n) is 5.23. The number of rotatable bonds is 1. The molecule has 4 rings (SSSR count). The zero-order valence-corrected chi connectivity index (χ0v) is 24.8. The van der Waals surface area contributed by atoms with Crippen LogP contribution in [0.15, 0.2) is 48.1 Å². The fourth-order valence-corrected chi connectivity index (χ4v) is 3.58. The summed E-state index contributed by atoms with van der Waals surface area (Å²) in [5, 5.41) is 0. The molecule has 0 fully saturated rings. The molecular weight excluding hydrogens is 510 g/mol. The molecule has 2 aliphatic rings. The Kier molecular flexibility index (Phi) is 13.5. The molecule has 0 aliphatic heterocycles. The van der Waals surface area contributed by atoms with Gasteiger partial charge in [-0.2, -0.15) is 35.4 Å². The van der Waals surface area contributed by atoms with Crippen molar-refractivity contribution >= 4 is 3.21 Å². The zero-order chi connectivity index (χ0) is 22.5. The van der Waals surface area contributed by atoms with E-state index in [-0.39, 0.29) is 24.8 Å². The van der Waals surface area contributed by atoms with E-state index >= 15 is 0 Å². The summed E-state index contributed by atoms with van der Waals surface area (Å²) in [6, 6.07) is 14.5. The summed E-state index contributed by atoms with van der Waals surface area (Å²) in [5.74, 6) is 0.573. The van der Waals surface area contributed by atoms with Crippen molar-refractivity contribution in [3.8, 4) is 11.1 Å². The van der Waals surface area contributed by atoms with Gasteiger partial charge in [-0.3, -0.25) is 6.08 Å². The Bertz CT molecular complexity index is 908. The second-order valence-corrected chi connectivity index (χ2v) is 12.0. The van der Waals surface area contributed by atoms with E-state index < -0.39 is 0 Å². The predicted molar refractivity (Wildman–Crippen MR) is 128 cm³/mol. The minimum absolute atomic E-state index is 0. The van der Waals surface area contributed by atoms with Gasteiger partial charge < -0.3 is 24.8 Å². The quantitative estimate of drug-likeness (QED) is 0.409. The molecule has 0 amide bonds. The number of hydrogen-bond acceptors (Lipinski definition) is 0. The van der Waals surface area contributed by atoms with Gasteiger partial charge in [0, 0.05) is 0 Å². The minimum Gasteiger partial charge on any atom is -1.00 e. The van der Waals surface area contributed by atoms with Gasteiger partial charge in [-0.05, 0) is 18.9 Å². The standard InChI is InChI=1S/C15H13.C11H17.C3H6.2ClH.Zr/c1-10-3-5-14-12(7-10)9-13-8-11(2)4-6-15(13)14;1-5-9-6-7-10(8-9)11(2,3)4;1-3-2;;;/h3-7H,9H2,1-2H3;7-9H,5H2,1-4H3;1-2H3;2*1H;/q2*-1;;;;+2/p-2. The predicted octanol–water partition coefficient (Wildman–Crippen LogP) is 1.79. The van der Waals surface area contributed by atoms with E-state index in [1.54, 1.807) is 24.2 Å². The van der Waals surface area contributed by atoms with Crippen LogP contribution in [0.2, 0.25) is 0 Å². The summed E-state index contributed by atoms with van der Waals surface area (Å²) in [6.45, 7) is 17.4. The van der Waals surface area contributed by atoms with Crippen LogP contribution in [-0.4, -0.2) is 3.21 Å². The molecule has 0 bridgehead atoms. The van der Waals surface area contributed by atoms with Gasteiger partial charge in [0.1, 0.15) is 0 Å². The molecule has 2 aromatic carbocycles. The van der Waals surface area contributed by atoms with Gasteiger partial charge in [0.05, 0.1) is 0 Å². The Labute approximate surface area is 224 Å². The molecule has 0 N–H and O–H groups in total. The Morgan fingerprint density at radius 3 is 2.12 bits per heavy atom. The van der Waals surface area contributed by atoms with Crippen molar-refractivity contribution in [1.29, 1.82) is 0 Å². The first kappa shape index (κ1) is 31.3. The summed E-state index contributed by atoms with van der Waals surface area (Å²) < 4.78 is 1.51. The van der Waals surface area contributed by atoms with Crippen LogP contribution in [0.1, 0.15) is 70.2 Å². The molecular formula is C29H36Cl2Zr-2. The normalized spacial score (nSPS) is 14.9. The largest absolute Gasteiger partial charge is 1.00 e. The molecule has 2 aliphatic carbocycles. The van der Waals surface area contributed by atoms with Crippen LogP contribution in [-0.2, 0) is 30.7 Å². The molecule has 3 heteroatoms. The van der Waals surface area contributed by atoms with Gasteiger partial charge in [0.2, 0.25) is 0 Å². The minimum atomic E-state index is 0. The maximum atomic E-state index is 3.45. The Hall–Kier alpha value is -0.747. The first-order valence-corrected chi connectivity index (χ1v) is 12.2. The first-order chi connectivity index (χ1) is 14.0. The fraction of sp³-hybridized carbons (Fsp3) is 0.414. The molecule has 0 saturated carbocycles. The average Bonchev–Trinajstić information content (AvgIpc) is 3.24. The number of fused-ring (bicyclic) bond motifs is 3. The topological polar surface area (TPSA) is 0 Å². The third-order valence-corrected chi connectivity index (χ3v) is 5.23. The second kappa shape index (κ2) is 13.8. The molecule has 0 heterocycles. The maximum Gasteiger partial charge on any atom is -0.0253 e. The van der Waals surface area contributed by atoms with E-state index in [1.165, 1.54) is 48.6 Å². The van der Waals surface area contributed by atoms with E-state index in [9.17, 15) is 0 Å². The van der Waals surface area contributed by atoms with Gasteiger partial charge in [0.25, 0.3) is 0 Å². The van der Waals surface area contributed by atoms with Crippen LogP contribution < -0.4 is 24.8 Å². The van der Waals surface area contributed by atoms with E-state index in [0.29, 0.717) is 11.3 Å². The summed E-state index contributed by atoms with van der Waals surface area (Å²) >= 11 is 1.55. The van der Waals surface area contributed by atoms with Crippen molar-refractivity contribution in [1.82, 2.24) is 0 Å². The summed E-state index contributed by atoms with van der Waals surface area (Å²) in [5.41, 5.74) is 9.89. The van der Waals surface area contributed by atoms with E-state index in [0.717, 1.165) is 6.42 Å². The molecule has 0 nitrogen and oxygen atoms in total. The van der Waals surface area contributed by atoms with Crippen LogP contribution in [0.3, 0.4) is 0 Å². The van der Waals surface area contributed by atoms with Crippen LogP contribution in [0.25, 0.3) is 11.1 Å². The van der Waals surface area contributed by atoms with Crippen molar-refractivity contribution < 1.29 is 49.0 Å². The second-order valence-electron chi connectivity index (χ2n) is 9.57. The van der Waals surface area contributed by atoms with E-state index in [2.05, 4.69) is 110 Å². The molecule has 172 valence electrons. The van der Waals surface area contributed by atoms with Crippen molar-refractivity contribution in [2.45, 2.75) is 68.2 Å². The van der Waals surface area contributed by atoms with Crippen LogP contribution in [0, 0.1) is 37.3 Å². The van der Waals surface area contributed by atoms with Crippen molar-refractivity contribution in [2.24, 2.45) is 11.3 Å². The number of allylic oxidation sites excluding steroid dienone is 4. The average molecular weight is 547 g/mol. The van der Waals surface area contributed by atoms with E-state index in [1.807, 2.05) is 0 Å². The van der Waals surface area contributed by atoms with Gasteiger partial charge in [-0.15, -0.1) is 11.1 Å². The zero-order valence-electron chi connectivity index (χ0n) is 20.8. The molecule has 32 heavy (non-hydrogen) atoms. The molecule has 1 atom stereocenters. The molecule has 0 aromatic heterocycles. The van der Waals surface area contributed by atoms with Gasteiger partial charge >= 0.3 is 41.3 Å². The molecule has 2 aromatic rings. The Morgan fingerprint density at radius 2 is 1.62 bits per heavy atom. The number of benzene rings is 2. The van der Waals surface area contributed by atoms with Crippen molar-refractivity contribution in [2.75, 3.05) is 0 Å². The Balaban J connectivity index is 0.000000506. The molecule has 1 unspecified atom stereocenters. The Morgan fingerprint density at radius 1 is 1.03 bits per heavy atom. The van der Waals surface area contributed by atoms with E-state index in [4.69, 9.17) is 0 Å².